The van der Waals surface area contributed by atoms with Gasteiger partial charge in [-0.15, -0.1) is 0 Å². The van der Waals surface area contributed by atoms with Gasteiger partial charge in [0.05, 0.1) is 0 Å². The van der Waals surface area contributed by atoms with Crippen molar-refractivity contribution < 1.29 is 0 Å². The molecule has 2 heteroatoms. The number of nitrogens with zero attached hydrogens (tertiary/aromatic N) is 1. The number of piperazine rings is 1. The monoisotopic (exact) mass is 198 g/mol. The first-order valence-corrected chi connectivity index (χ1v) is 6.20. The molecule has 0 aromatic heterocycles. The fourth-order valence-corrected chi connectivity index (χ4v) is 2.34. The van der Waals surface area contributed by atoms with Crippen molar-refractivity contribution in [1.29, 1.82) is 0 Å². The fourth-order valence-electron chi connectivity index (χ4n) is 2.34. The first kappa shape index (κ1) is 12.0. The zero-order valence-corrected chi connectivity index (χ0v) is 10.2. The Morgan fingerprint density at radius 2 is 2.07 bits per heavy atom. The molecule has 1 N–H and O–H groups in total. The Bertz CT molecular complexity index is 158. The highest BCUT2D eigenvalue weighted by Gasteiger charge is 2.27. The molecule has 0 saturated carbocycles. The van der Waals surface area contributed by atoms with Crippen molar-refractivity contribution in [3.8, 4) is 0 Å². The van der Waals surface area contributed by atoms with Crippen LogP contribution in [0.5, 0.6) is 0 Å². The van der Waals surface area contributed by atoms with Gasteiger partial charge in [0.2, 0.25) is 0 Å². The molecule has 1 aliphatic rings. The summed E-state index contributed by atoms with van der Waals surface area (Å²) in [6.45, 7) is 12.8. The van der Waals surface area contributed by atoms with Crippen molar-refractivity contribution >= 4 is 0 Å². The van der Waals surface area contributed by atoms with E-state index >= 15 is 0 Å². The molecule has 1 aliphatic heterocycles. The SMILES string of the molecule is CCC(C)C1CN(CC)C(CC)CN1. The number of nitrogens with one attached hydrogen (secondary N) is 1. The van der Waals surface area contributed by atoms with Crippen LogP contribution in [0.25, 0.3) is 0 Å². The fraction of sp³-hybridized carbons (Fsp3) is 1.00. The second-order valence-electron chi connectivity index (χ2n) is 4.55. The zero-order valence-electron chi connectivity index (χ0n) is 10.2. The topological polar surface area (TPSA) is 15.3 Å². The highest BCUT2D eigenvalue weighted by Crippen LogP contribution is 2.16. The van der Waals surface area contributed by atoms with Crippen LogP contribution in [0.4, 0.5) is 0 Å². The van der Waals surface area contributed by atoms with Crippen molar-refractivity contribution in [3.63, 3.8) is 0 Å². The third-order valence-electron chi connectivity index (χ3n) is 3.77. The maximum atomic E-state index is 3.69. The van der Waals surface area contributed by atoms with Crippen LogP contribution in [0, 0.1) is 5.92 Å². The first-order valence-electron chi connectivity index (χ1n) is 6.20. The lowest BCUT2D eigenvalue weighted by Gasteiger charge is -2.41. The van der Waals surface area contributed by atoms with Gasteiger partial charge < -0.3 is 5.32 Å². The average Bonchev–Trinajstić information content (AvgIpc) is 2.26. The van der Waals surface area contributed by atoms with Crippen LogP contribution >= 0.6 is 0 Å². The Hall–Kier alpha value is -0.0800. The average molecular weight is 198 g/mol. The van der Waals surface area contributed by atoms with E-state index in [1.54, 1.807) is 0 Å². The standard InChI is InChI=1S/C12H26N2/c1-5-10(4)12-9-14(7-3)11(6-2)8-13-12/h10-13H,5-9H2,1-4H3. The zero-order chi connectivity index (χ0) is 10.6. The number of likely N-dealkylation sites (N-methyl/N-ethyl adjacent to an activating group) is 1. The normalized spacial score (nSPS) is 31.7. The highest BCUT2D eigenvalue weighted by molar-refractivity contribution is 4.87. The van der Waals surface area contributed by atoms with Gasteiger partial charge in [0.25, 0.3) is 0 Å². The number of hydrogen-bond donors (Lipinski definition) is 1. The molecule has 1 heterocycles. The maximum absolute atomic E-state index is 3.69. The van der Waals surface area contributed by atoms with Crippen molar-refractivity contribution in [3.05, 3.63) is 0 Å². The Labute approximate surface area is 89.1 Å². The lowest BCUT2D eigenvalue weighted by molar-refractivity contribution is 0.112. The summed E-state index contributed by atoms with van der Waals surface area (Å²) in [5.74, 6) is 0.807. The Morgan fingerprint density at radius 1 is 1.36 bits per heavy atom. The number of hydrogen-bond acceptors (Lipinski definition) is 2. The molecular weight excluding hydrogens is 172 g/mol. The van der Waals surface area contributed by atoms with Gasteiger partial charge in [0.1, 0.15) is 0 Å². The van der Waals surface area contributed by atoms with Gasteiger partial charge in [-0.1, -0.05) is 34.1 Å². The summed E-state index contributed by atoms with van der Waals surface area (Å²) in [5, 5.41) is 3.69. The van der Waals surface area contributed by atoms with Crippen molar-refractivity contribution in [2.75, 3.05) is 19.6 Å². The van der Waals surface area contributed by atoms with Crippen molar-refractivity contribution in [2.24, 2.45) is 5.92 Å². The van der Waals surface area contributed by atoms with Gasteiger partial charge in [-0.2, -0.15) is 0 Å². The molecule has 1 rings (SSSR count). The molecule has 0 radical (unpaired) electrons. The minimum absolute atomic E-state index is 0.711. The molecule has 1 saturated heterocycles. The second kappa shape index (κ2) is 5.72. The van der Waals surface area contributed by atoms with Crippen LogP contribution in [-0.4, -0.2) is 36.6 Å². The molecule has 14 heavy (non-hydrogen) atoms. The molecule has 1 fully saturated rings. The van der Waals surface area contributed by atoms with Crippen LogP contribution < -0.4 is 5.32 Å². The van der Waals surface area contributed by atoms with Gasteiger partial charge in [0.15, 0.2) is 0 Å². The van der Waals surface area contributed by atoms with Crippen LogP contribution in [0.3, 0.4) is 0 Å². The Balaban J connectivity index is 2.47. The van der Waals surface area contributed by atoms with Crippen LogP contribution in [-0.2, 0) is 0 Å². The van der Waals surface area contributed by atoms with Gasteiger partial charge in [0, 0.05) is 25.2 Å². The van der Waals surface area contributed by atoms with E-state index in [0.29, 0.717) is 6.04 Å². The summed E-state index contributed by atoms with van der Waals surface area (Å²) in [7, 11) is 0. The van der Waals surface area contributed by atoms with E-state index in [1.165, 1.54) is 32.5 Å². The van der Waals surface area contributed by atoms with E-state index in [-0.39, 0.29) is 0 Å². The van der Waals surface area contributed by atoms with Crippen LogP contribution in [0.1, 0.15) is 40.5 Å². The molecule has 3 unspecified atom stereocenters. The summed E-state index contributed by atoms with van der Waals surface area (Å²) in [4.78, 5) is 2.63. The Kier molecular flexibility index (Phi) is 4.90. The smallest absolute Gasteiger partial charge is 0.0221 e. The van der Waals surface area contributed by atoms with E-state index in [1.807, 2.05) is 0 Å². The van der Waals surface area contributed by atoms with Crippen molar-refractivity contribution in [1.82, 2.24) is 10.2 Å². The molecule has 3 atom stereocenters. The van der Waals surface area contributed by atoms with Gasteiger partial charge in [-0.3, -0.25) is 4.90 Å². The lowest BCUT2D eigenvalue weighted by atomic mass is 9.95. The lowest BCUT2D eigenvalue weighted by Crippen LogP contribution is -2.57. The van der Waals surface area contributed by atoms with Crippen LogP contribution in [0.2, 0.25) is 0 Å². The summed E-state index contributed by atoms with van der Waals surface area (Å²) in [6.07, 6.45) is 2.56. The molecule has 2 nitrogen and oxygen atoms in total. The minimum atomic E-state index is 0.711. The van der Waals surface area contributed by atoms with E-state index in [0.717, 1.165) is 12.0 Å². The molecule has 0 spiro atoms. The summed E-state index contributed by atoms with van der Waals surface area (Å²) in [6, 6.07) is 1.48. The third kappa shape index (κ3) is 2.71. The summed E-state index contributed by atoms with van der Waals surface area (Å²) >= 11 is 0. The van der Waals surface area contributed by atoms with E-state index in [4.69, 9.17) is 0 Å². The maximum Gasteiger partial charge on any atom is 0.0221 e. The summed E-state index contributed by atoms with van der Waals surface area (Å²) in [5.41, 5.74) is 0. The second-order valence-corrected chi connectivity index (χ2v) is 4.55. The molecule has 0 aromatic rings. The van der Waals surface area contributed by atoms with E-state index in [9.17, 15) is 0 Å². The van der Waals surface area contributed by atoms with E-state index < -0.39 is 0 Å². The van der Waals surface area contributed by atoms with Gasteiger partial charge in [-0.25, -0.2) is 0 Å². The molecular formula is C12H26N2. The molecule has 0 aliphatic carbocycles. The molecule has 0 amide bonds. The number of rotatable bonds is 4. The highest BCUT2D eigenvalue weighted by atomic mass is 15.2. The van der Waals surface area contributed by atoms with Gasteiger partial charge >= 0.3 is 0 Å². The quantitative estimate of drug-likeness (QED) is 0.744. The largest absolute Gasteiger partial charge is 0.311 e. The van der Waals surface area contributed by atoms with E-state index in [2.05, 4.69) is 37.9 Å². The minimum Gasteiger partial charge on any atom is -0.311 e. The predicted octanol–water partition coefficient (Wildman–Crippen LogP) is 2.10. The van der Waals surface area contributed by atoms with Gasteiger partial charge in [-0.05, 0) is 18.9 Å². The molecule has 0 aromatic carbocycles. The predicted molar refractivity (Wildman–Crippen MR) is 62.6 cm³/mol. The Morgan fingerprint density at radius 3 is 2.57 bits per heavy atom. The first-order chi connectivity index (χ1) is 6.72. The summed E-state index contributed by atoms with van der Waals surface area (Å²) < 4.78 is 0. The third-order valence-corrected chi connectivity index (χ3v) is 3.77. The van der Waals surface area contributed by atoms with Crippen molar-refractivity contribution in [2.45, 2.75) is 52.6 Å². The molecule has 84 valence electrons. The molecule has 0 bridgehead atoms. The van der Waals surface area contributed by atoms with Crippen LogP contribution in [0.15, 0.2) is 0 Å².